The third kappa shape index (κ3) is 4.58. The summed E-state index contributed by atoms with van der Waals surface area (Å²) < 4.78 is 4.67. The fraction of sp³-hybridized carbons (Fsp3) is 0.400. The van der Waals surface area contributed by atoms with Gasteiger partial charge in [-0.25, -0.2) is 9.78 Å². The zero-order chi connectivity index (χ0) is 15.8. The van der Waals surface area contributed by atoms with E-state index >= 15 is 0 Å². The molecule has 0 bridgehead atoms. The van der Waals surface area contributed by atoms with Crippen molar-refractivity contribution in [3.63, 3.8) is 0 Å². The number of amides is 1. The fourth-order valence-electron chi connectivity index (χ4n) is 1.66. The van der Waals surface area contributed by atoms with Crippen LogP contribution >= 0.6 is 0 Å². The lowest BCUT2D eigenvalue weighted by Crippen LogP contribution is -2.45. The predicted octanol–water partition coefficient (Wildman–Crippen LogP) is 0.353. The number of ether oxygens (including phenoxy) is 1. The fourth-order valence-corrected chi connectivity index (χ4v) is 1.66. The number of carbonyl (C=O) groups is 2. The summed E-state index contributed by atoms with van der Waals surface area (Å²) >= 11 is 0. The molecule has 0 aliphatic carbocycles. The maximum Gasteiger partial charge on any atom is 0.328 e. The van der Waals surface area contributed by atoms with Gasteiger partial charge in [0.05, 0.1) is 12.7 Å². The summed E-state index contributed by atoms with van der Waals surface area (Å²) in [6.45, 7) is 3.28. The first kappa shape index (κ1) is 16.7. The lowest BCUT2D eigenvalue weighted by atomic mass is 10.0. The molecular weight excluding hydrogens is 272 g/mol. The van der Waals surface area contributed by atoms with Crippen molar-refractivity contribution in [2.24, 2.45) is 5.92 Å². The van der Waals surface area contributed by atoms with Crippen LogP contribution in [0.15, 0.2) is 18.3 Å². The van der Waals surface area contributed by atoms with E-state index in [9.17, 15) is 9.59 Å². The molecule has 0 spiro atoms. The van der Waals surface area contributed by atoms with E-state index in [2.05, 4.69) is 26.9 Å². The van der Waals surface area contributed by atoms with Gasteiger partial charge in [0.15, 0.2) is 0 Å². The number of esters is 1. The smallest absolute Gasteiger partial charge is 0.328 e. The van der Waals surface area contributed by atoms with Crippen LogP contribution in [0.4, 0.5) is 0 Å². The topological polar surface area (TPSA) is 88.5 Å². The van der Waals surface area contributed by atoms with Crippen LogP contribution in [0.5, 0.6) is 0 Å². The third-order valence-electron chi connectivity index (χ3n) is 2.73. The van der Waals surface area contributed by atoms with E-state index in [1.807, 2.05) is 0 Å². The number of nitrogens with zero attached hydrogens (tertiary/aromatic N) is 1. The Morgan fingerprint density at radius 1 is 1.48 bits per heavy atom. The third-order valence-corrected chi connectivity index (χ3v) is 2.73. The normalized spacial score (nSPS) is 11.3. The summed E-state index contributed by atoms with van der Waals surface area (Å²) in [5, 5.41) is 11.3. The summed E-state index contributed by atoms with van der Waals surface area (Å²) in [6.07, 6.45) is 1.46. The Balaban J connectivity index is 3.00. The molecule has 1 aromatic rings. The molecule has 0 aromatic carbocycles. The maximum absolute atomic E-state index is 12.3. The molecule has 6 heteroatoms. The number of hydrogen-bond donors (Lipinski definition) is 2. The molecule has 0 radical (unpaired) electrons. The maximum atomic E-state index is 12.3. The zero-order valence-corrected chi connectivity index (χ0v) is 12.2. The summed E-state index contributed by atoms with van der Waals surface area (Å²) in [6, 6.07) is 2.49. The van der Waals surface area contributed by atoms with E-state index < -0.39 is 17.9 Å². The molecule has 6 nitrogen and oxygen atoms in total. The van der Waals surface area contributed by atoms with E-state index in [-0.39, 0.29) is 18.2 Å². The molecule has 0 saturated carbocycles. The Bertz CT molecular complexity index is 573. The highest BCUT2D eigenvalue weighted by atomic mass is 16.5. The van der Waals surface area contributed by atoms with Gasteiger partial charge in [0.25, 0.3) is 5.91 Å². The first-order valence-electron chi connectivity index (χ1n) is 6.44. The van der Waals surface area contributed by atoms with Gasteiger partial charge in [-0.3, -0.25) is 4.79 Å². The molecule has 1 atom stereocenters. The van der Waals surface area contributed by atoms with Crippen molar-refractivity contribution in [3.05, 3.63) is 29.6 Å². The van der Waals surface area contributed by atoms with Crippen LogP contribution in [0.25, 0.3) is 0 Å². The second-order valence-corrected chi connectivity index (χ2v) is 4.58. The second kappa shape index (κ2) is 8.02. The van der Waals surface area contributed by atoms with Crippen LogP contribution in [0, 0.1) is 17.8 Å². The second-order valence-electron chi connectivity index (χ2n) is 4.58. The summed E-state index contributed by atoms with van der Waals surface area (Å²) in [7, 11) is 1.27. The Morgan fingerprint density at radius 2 is 2.19 bits per heavy atom. The number of aliphatic hydroxyl groups excluding tert-OH is 1. The lowest BCUT2D eigenvalue weighted by molar-refractivity contribution is -0.144. The number of rotatable bonds is 4. The molecule has 21 heavy (non-hydrogen) atoms. The minimum Gasteiger partial charge on any atom is -0.467 e. The number of nitrogens with one attached hydrogen (secondary N) is 1. The van der Waals surface area contributed by atoms with Crippen LogP contribution in [0.2, 0.25) is 0 Å². The number of aliphatic hydroxyl groups is 1. The van der Waals surface area contributed by atoms with Crippen molar-refractivity contribution in [3.8, 4) is 11.8 Å². The van der Waals surface area contributed by atoms with E-state index in [4.69, 9.17) is 5.11 Å². The van der Waals surface area contributed by atoms with Gasteiger partial charge in [0.2, 0.25) is 0 Å². The molecule has 1 heterocycles. The Hall–Kier alpha value is -2.39. The van der Waals surface area contributed by atoms with Crippen molar-refractivity contribution < 1.29 is 19.4 Å². The quantitative estimate of drug-likeness (QED) is 0.617. The first-order chi connectivity index (χ1) is 10.0. The van der Waals surface area contributed by atoms with Gasteiger partial charge in [0.1, 0.15) is 18.3 Å². The van der Waals surface area contributed by atoms with Crippen molar-refractivity contribution >= 4 is 11.9 Å². The van der Waals surface area contributed by atoms with Crippen LogP contribution in [-0.2, 0) is 9.53 Å². The largest absolute Gasteiger partial charge is 0.467 e. The molecule has 0 saturated heterocycles. The van der Waals surface area contributed by atoms with Crippen molar-refractivity contribution in [2.75, 3.05) is 13.7 Å². The molecule has 1 rings (SSSR count). The molecule has 0 fully saturated rings. The van der Waals surface area contributed by atoms with Crippen molar-refractivity contribution in [1.82, 2.24) is 10.3 Å². The van der Waals surface area contributed by atoms with Gasteiger partial charge in [-0.1, -0.05) is 25.7 Å². The molecule has 112 valence electrons. The molecule has 1 amide bonds. The average Bonchev–Trinajstić information content (AvgIpc) is 2.49. The van der Waals surface area contributed by atoms with Crippen LogP contribution in [-0.4, -0.2) is 41.7 Å². The molecule has 1 aromatic heterocycles. The first-order valence-corrected chi connectivity index (χ1v) is 6.44. The van der Waals surface area contributed by atoms with Gasteiger partial charge in [-0.15, -0.1) is 0 Å². The number of hydrogen-bond acceptors (Lipinski definition) is 5. The zero-order valence-electron chi connectivity index (χ0n) is 12.2. The van der Waals surface area contributed by atoms with Crippen molar-refractivity contribution in [2.45, 2.75) is 19.9 Å². The van der Waals surface area contributed by atoms with Gasteiger partial charge >= 0.3 is 5.97 Å². The van der Waals surface area contributed by atoms with E-state index in [0.717, 1.165) is 0 Å². The molecule has 2 N–H and O–H groups in total. The van der Waals surface area contributed by atoms with E-state index in [1.54, 1.807) is 26.0 Å². The number of pyridine rings is 1. The van der Waals surface area contributed by atoms with Crippen LogP contribution < -0.4 is 5.32 Å². The monoisotopic (exact) mass is 290 g/mol. The minimum atomic E-state index is -0.761. The van der Waals surface area contributed by atoms with E-state index in [0.29, 0.717) is 5.56 Å². The molecule has 0 aliphatic heterocycles. The van der Waals surface area contributed by atoms with Gasteiger partial charge in [-0.2, -0.15) is 0 Å². The molecule has 1 unspecified atom stereocenters. The molecular formula is C15H18N2O4. The number of carbonyl (C=O) groups excluding carboxylic acids is 2. The van der Waals surface area contributed by atoms with Gasteiger partial charge < -0.3 is 15.2 Å². The Kier molecular flexibility index (Phi) is 6.37. The summed E-state index contributed by atoms with van der Waals surface area (Å²) in [4.78, 5) is 27.9. The lowest BCUT2D eigenvalue weighted by Gasteiger charge is -2.19. The standard InChI is InChI=1S/C15H18N2O4/c1-10(2)12(15(20)21-3)17-14(19)13-11(7-5-9-18)6-4-8-16-13/h4,6,8,10,12,18H,9H2,1-3H3,(H,17,19). The highest BCUT2D eigenvalue weighted by Crippen LogP contribution is 2.08. The van der Waals surface area contributed by atoms with Gasteiger partial charge in [0, 0.05) is 6.20 Å². The van der Waals surface area contributed by atoms with E-state index in [1.165, 1.54) is 13.3 Å². The van der Waals surface area contributed by atoms with Crippen LogP contribution in [0.3, 0.4) is 0 Å². The van der Waals surface area contributed by atoms with Crippen molar-refractivity contribution in [1.29, 1.82) is 0 Å². The Labute approximate surface area is 123 Å². The highest BCUT2D eigenvalue weighted by molar-refractivity contribution is 5.97. The summed E-state index contributed by atoms with van der Waals surface area (Å²) in [5.41, 5.74) is 0.490. The average molecular weight is 290 g/mol. The highest BCUT2D eigenvalue weighted by Gasteiger charge is 2.26. The Morgan fingerprint density at radius 3 is 2.76 bits per heavy atom. The van der Waals surface area contributed by atoms with Crippen LogP contribution in [0.1, 0.15) is 29.9 Å². The van der Waals surface area contributed by atoms with Gasteiger partial charge in [-0.05, 0) is 18.1 Å². The number of aromatic nitrogens is 1. The predicted molar refractivity (Wildman–Crippen MR) is 76.3 cm³/mol. The number of methoxy groups -OCH3 is 1. The molecule has 0 aliphatic rings. The summed E-state index contributed by atoms with van der Waals surface area (Å²) in [5.74, 6) is 3.96. The minimum absolute atomic E-state index is 0.105. The SMILES string of the molecule is COC(=O)C(NC(=O)c1ncccc1C#CCO)C(C)C.